The van der Waals surface area contributed by atoms with Crippen LogP contribution < -0.4 is 5.32 Å². The fourth-order valence-electron chi connectivity index (χ4n) is 3.28. The lowest BCUT2D eigenvalue weighted by molar-refractivity contribution is -0.125. The van der Waals surface area contributed by atoms with E-state index < -0.39 is 5.60 Å². The minimum absolute atomic E-state index is 0.0102. The maximum atomic E-state index is 12.9. The summed E-state index contributed by atoms with van der Waals surface area (Å²) in [5.41, 5.74) is 1.10. The molecule has 0 aliphatic carbocycles. The molecule has 8 heteroatoms. The molecule has 132 valence electrons. The van der Waals surface area contributed by atoms with Crippen molar-refractivity contribution in [3.8, 4) is 11.4 Å². The van der Waals surface area contributed by atoms with Gasteiger partial charge in [-0.25, -0.2) is 4.98 Å². The third kappa shape index (κ3) is 3.41. The lowest BCUT2D eigenvalue weighted by Crippen LogP contribution is -2.59. The molecule has 2 saturated heterocycles. The van der Waals surface area contributed by atoms with Crippen molar-refractivity contribution in [3.63, 3.8) is 0 Å². The summed E-state index contributed by atoms with van der Waals surface area (Å²) in [5.74, 6) is 0.696. The molecule has 25 heavy (non-hydrogen) atoms. The molecule has 1 atom stereocenters. The predicted molar refractivity (Wildman–Crippen MR) is 90.1 cm³/mol. The zero-order chi connectivity index (χ0) is 17.1. The van der Waals surface area contributed by atoms with Crippen LogP contribution >= 0.6 is 0 Å². The van der Waals surface area contributed by atoms with Gasteiger partial charge in [0.25, 0.3) is 5.91 Å². The number of rotatable bonds is 2. The van der Waals surface area contributed by atoms with Gasteiger partial charge >= 0.3 is 0 Å². The Morgan fingerprint density at radius 3 is 2.92 bits per heavy atom. The first kappa shape index (κ1) is 16.2. The summed E-state index contributed by atoms with van der Waals surface area (Å²) in [6, 6.07) is 7.40. The van der Waals surface area contributed by atoms with Crippen molar-refractivity contribution in [2.45, 2.75) is 5.60 Å². The highest BCUT2D eigenvalue weighted by molar-refractivity contribution is 5.94. The highest BCUT2D eigenvalue weighted by atomic mass is 16.5. The standard InChI is InChI=1S/C17H21N5O3/c23-16(14-3-1-13(2-4-14)15-19-12-20-21-15)22-6-8-25-17(10-22)9-18-5-7-24-11-17/h1-4,12,18H,5-11H2,(H,19,20,21)/t17-/m1/s1. The Morgan fingerprint density at radius 1 is 1.24 bits per heavy atom. The molecule has 0 saturated carbocycles. The van der Waals surface area contributed by atoms with Crippen LogP contribution in [0, 0.1) is 0 Å². The van der Waals surface area contributed by atoms with Gasteiger partial charge in [0.05, 0.1) is 26.4 Å². The van der Waals surface area contributed by atoms with Crippen molar-refractivity contribution < 1.29 is 14.3 Å². The average molecular weight is 343 g/mol. The van der Waals surface area contributed by atoms with E-state index in [4.69, 9.17) is 9.47 Å². The molecule has 2 fully saturated rings. The first-order valence-electron chi connectivity index (χ1n) is 8.43. The Labute approximate surface area is 145 Å². The number of amides is 1. The van der Waals surface area contributed by atoms with Gasteiger partial charge < -0.3 is 19.7 Å². The van der Waals surface area contributed by atoms with Crippen LogP contribution in [0.15, 0.2) is 30.6 Å². The molecule has 1 aromatic carbocycles. The Kier molecular flexibility index (Phi) is 4.48. The second-order valence-electron chi connectivity index (χ2n) is 6.40. The van der Waals surface area contributed by atoms with Gasteiger partial charge in [-0.1, -0.05) is 12.1 Å². The molecule has 3 heterocycles. The quantitative estimate of drug-likeness (QED) is 0.815. The summed E-state index contributed by atoms with van der Waals surface area (Å²) in [4.78, 5) is 18.9. The summed E-state index contributed by atoms with van der Waals surface area (Å²) in [7, 11) is 0. The van der Waals surface area contributed by atoms with Crippen LogP contribution in [-0.2, 0) is 9.47 Å². The van der Waals surface area contributed by atoms with Crippen LogP contribution in [0.25, 0.3) is 11.4 Å². The number of aromatic nitrogens is 3. The van der Waals surface area contributed by atoms with Crippen molar-refractivity contribution in [2.24, 2.45) is 0 Å². The van der Waals surface area contributed by atoms with Gasteiger partial charge in [0.2, 0.25) is 0 Å². The Morgan fingerprint density at radius 2 is 2.12 bits per heavy atom. The smallest absolute Gasteiger partial charge is 0.254 e. The molecule has 4 rings (SSSR count). The number of benzene rings is 1. The zero-order valence-corrected chi connectivity index (χ0v) is 13.9. The summed E-state index contributed by atoms with van der Waals surface area (Å²) in [5, 5.41) is 9.98. The van der Waals surface area contributed by atoms with E-state index in [1.807, 2.05) is 29.2 Å². The Bertz CT molecular complexity index is 708. The topological polar surface area (TPSA) is 92.4 Å². The van der Waals surface area contributed by atoms with Crippen LogP contribution in [0.1, 0.15) is 10.4 Å². The van der Waals surface area contributed by atoms with E-state index in [0.29, 0.717) is 50.8 Å². The van der Waals surface area contributed by atoms with E-state index in [2.05, 4.69) is 20.5 Å². The number of carbonyl (C=O) groups is 1. The molecule has 1 amide bonds. The third-order valence-electron chi connectivity index (χ3n) is 4.59. The zero-order valence-electron chi connectivity index (χ0n) is 13.9. The highest BCUT2D eigenvalue weighted by Gasteiger charge is 2.39. The summed E-state index contributed by atoms with van der Waals surface area (Å²) >= 11 is 0. The molecule has 0 radical (unpaired) electrons. The molecule has 2 aliphatic heterocycles. The molecular weight excluding hydrogens is 322 g/mol. The number of nitrogens with one attached hydrogen (secondary N) is 2. The molecule has 2 N–H and O–H groups in total. The van der Waals surface area contributed by atoms with E-state index in [0.717, 1.165) is 12.1 Å². The van der Waals surface area contributed by atoms with Crippen LogP contribution in [0.3, 0.4) is 0 Å². The maximum Gasteiger partial charge on any atom is 0.254 e. The monoisotopic (exact) mass is 343 g/mol. The Balaban J connectivity index is 1.48. The fraction of sp³-hybridized carbons (Fsp3) is 0.471. The fourth-order valence-corrected chi connectivity index (χ4v) is 3.28. The lowest BCUT2D eigenvalue weighted by Gasteiger charge is -2.41. The van der Waals surface area contributed by atoms with Gasteiger partial charge in [0, 0.05) is 30.8 Å². The predicted octanol–water partition coefficient (Wildman–Crippen LogP) is 0.303. The van der Waals surface area contributed by atoms with Crippen LogP contribution in [-0.4, -0.2) is 77.6 Å². The van der Waals surface area contributed by atoms with Gasteiger partial charge in [0.1, 0.15) is 11.9 Å². The van der Waals surface area contributed by atoms with Crippen LogP contribution in [0.5, 0.6) is 0 Å². The van der Waals surface area contributed by atoms with E-state index in [9.17, 15) is 4.79 Å². The lowest BCUT2D eigenvalue weighted by atomic mass is 10.0. The Hall–Kier alpha value is -2.29. The van der Waals surface area contributed by atoms with E-state index in [1.165, 1.54) is 6.33 Å². The second-order valence-corrected chi connectivity index (χ2v) is 6.40. The molecular formula is C17H21N5O3. The van der Waals surface area contributed by atoms with Crippen LogP contribution in [0.4, 0.5) is 0 Å². The van der Waals surface area contributed by atoms with E-state index in [-0.39, 0.29) is 5.91 Å². The number of hydrogen-bond acceptors (Lipinski definition) is 6. The minimum atomic E-state index is -0.454. The van der Waals surface area contributed by atoms with Crippen molar-refractivity contribution in [1.29, 1.82) is 0 Å². The molecule has 8 nitrogen and oxygen atoms in total. The average Bonchev–Trinajstić information content (AvgIpc) is 3.11. The molecule has 1 spiro atoms. The number of morpholine rings is 1. The number of hydrogen-bond donors (Lipinski definition) is 2. The number of aromatic amines is 1. The van der Waals surface area contributed by atoms with Gasteiger partial charge in [-0.15, -0.1) is 0 Å². The number of ether oxygens (including phenoxy) is 2. The SMILES string of the molecule is O=C(c1ccc(-c2ncn[nH]2)cc1)N1CCO[C@]2(CNCCOC2)C1. The number of nitrogens with zero attached hydrogens (tertiary/aromatic N) is 3. The first-order valence-corrected chi connectivity index (χ1v) is 8.43. The van der Waals surface area contributed by atoms with Crippen molar-refractivity contribution in [1.82, 2.24) is 25.4 Å². The first-order chi connectivity index (χ1) is 12.3. The number of carbonyl (C=O) groups excluding carboxylic acids is 1. The van der Waals surface area contributed by atoms with Gasteiger partial charge in [0.15, 0.2) is 5.82 Å². The maximum absolute atomic E-state index is 12.9. The summed E-state index contributed by atoms with van der Waals surface area (Å²) in [6.07, 6.45) is 1.46. The van der Waals surface area contributed by atoms with Gasteiger partial charge in [-0.05, 0) is 12.1 Å². The molecule has 0 bridgehead atoms. The van der Waals surface area contributed by atoms with E-state index >= 15 is 0 Å². The van der Waals surface area contributed by atoms with Crippen molar-refractivity contribution in [2.75, 3.05) is 46.0 Å². The van der Waals surface area contributed by atoms with Crippen molar-refractivity contribution >= 4 is 5.91 Å². The molecule has 2 aliphatic rings. The van der Waals surface area contributed by atoms with Crippen LogP contribution in [0.2, 0.25) is 0 Å². The van der Waals surface area contributed by atoms with Gasteiger partial charge in [-0.2, -0.15) is 5.10 Å². The van der Waals surface area contributed by atoms with E-state index in [1.54, 1.807) is 0 Å². The highest BCUT2D eigenvalue weighted by Crippen LogP contribution is 2.22. The molecule has 0 unspecified atom stereocenters. The van der Waals surface area contributed by atoms with Gasteiger partial charge in [-0.3, -0.25) is 9.89 Å². The molecule has 2 aromatic rings. The summed E-state index contributed by atoms with van der Waals surface area (Å²) in [6.45, 7) is 4.32. The normalized spacial score (nSPS) is 24.2. The summed E-state index contributed by atoms with van der Waals surface area (Å²) < 4.78 is 11.6. The largest absolute Gasteiger partial charge is 0.377 e. The number of H-pyrrole nitrogens is 1. The minimum Gasteiger partial charge on any atom is -0.377 e. The molecule has 1 aromatic heterocycles. The van der Waals surface area contributed by atoms with Crippen molar-refractivity contribution in [3.05, 3.63) is 36.2 Å². The third-order valence-corrected chi connectivity index (χ3v) is 4.59. The second kappa shape index (κ2) is 6.91.